The first-order valence-electron chi connectivity index (χ1n) is 6.03. The second-order valence-corrected chi connectivity index (χ2v) is 4.39. The minimum absolute atomic E-state index is 0.463. The van der Waals surface area contributed by atoms with Gasteiger partial charge in [0.2, 0.25) is 0 Å². The Morgan fingerprint density at radius 3 is 2.29 bits per heavy atom. The number of hydrogen-bond donors (Lipinski definition) is 2. The molecule has 1 unspecified atom stereocenters. The normalized spacial score (nSPS) is 12.1. The van der Waals surface area contributed by atoms with Gasteiger partial charge in [-0.3, -0.25) is 0 Å². The van der Waals surface area contributed by atoms with Crippen molar-refractivity contribution in [3.05, 3.63) is 35.4 Å². The van der Waals surface area contributed by atoms with Gasteiger partial charge in [0.25, 0.3) is 0 Å². The minimum atomic E-state index is -0.463. The number of hydrogen-bond acceptors (Lipinski definition) is 2. The molecule has 0 radical (unpaired) electrons. The van der Waals surface area contributed by atoms with Crippen LogP contribution in [0.3, 0.4) is 0 Å². The van der Waals surface area contributed by atoms with Crippen molar-refractivity contribution in [3.63, 3.8) is 0 Å². The van der Waals surface area contributed by atoms with Gasteiger partial charge in [0, 0.05) is 6.54 Å². The summed E-state index contributed by atoms with van der Waals surface area (Å²) in [4.78, 5) is 0. The van der Waals surface area contributed by atoms with Gasteiger partial charge >= 0.3 is 0 Å². The summed E-state index contributed by atoms with van der Waals surface area (Å²) in [6, 6.07) is 8.14. The Morgan fingerprint density at radius 2 is 1.76 bits per heavy atom. The van der Waals surface area contributed by atoms with Crippen LogP contribution in [0.1, 0.15) is 43.9 Å². The SMILES string of the molecule is CC#CCNCC(O)c1ccc(C(C)C)cc1. The van der Waals surface area contributed by atoms with E-state index in [0.717, 1.165) is 5.56 Å². The van der Waals surface area contributed by atoms with E-state index in [-0.39, 0.29) is 0 Å². The number of aliphatic hydroxyl groups is 1. The average molecular weight is 231 g/mol. The molecule has 0 aliphatic carbocycles. The molecule has 2 nitrogen and oxygen atoms in total. The van der Waals surface area contributed by atoms with Gasteiger partial charge in [0.15, 0.2) is 0 Å². The van der Waals surface area contributed by atoms with E-state index in [1.807, 2.05) is 19.1 Å². The summed E-state index contributed by atoms with van der Waals surface area (Å²) in [5.41, 5.74) is 2.25. The maximum Gasteiger partial charge on any atom is 0.0914 e. The van der Waals surface area contributed by atoms with Gasteiger partial charge in [-0.05, 0) is 24.0 Å². The lowest BCUT2D eigenvalue weighted by atomic mass is 10.00. The molecule has 2 heteroatoms. The summed E-state index contributed by atoms with van der Waals surface area (Å²) in [5.74, 6) is 6.24. The molecule has 0 aliphatic heterocycles. The third-order valence-corrected chi connectivity index (χ3v) is 2.72. The molecule has 1 aromatic carbocycles. The molecule has 0 heterocycles. The van der Waals surface area contributed by atoms with Crippen molar-refractivity contribution in [3.8, 4) is 11.8 Å². The fourth-order valence-electron chi connectivity index (χ4n) is 1.58. The van der Waals surface area contributed by atoms with E-state index in [4.69, 9.17) is 0 Å². The summed E-state index contributed by atoms with van der Waals surface area (Å²) in [7, 11) is 0. The molecule has 17 heavy (non-hydrogen) atoms. The molecular weight excluding hydrogens is 210 g/mol. The first-order valence-corrected chi connectivity index (χ1v) is 6.03. The molecule has 0 saturated carbocycles. The lowest BCUT2D eigenvalue weighted by molar-refractivity contribution is 0.176. The van der Waals surface area contributed by atoms with E-state index < -0.39 is 6.10 Å². The van der Waals surface area contributed by atoms with Crippen molar-refractivity contribution in [2.24, 2.45) is 0 Å². The fourth-order valence-corrected chi connectivity index (χ4v) is 1.58. The quantitative estimate of drug-likeness (QED) is 0.602. The zero-order valence-electron chi connectivity index (χ0n) is 10.8. The van der Waals surface area contributed by atoms with Gasteiger partial charge in [-0.1, -0.05) is 44.0 Å². The first kappa shape index (κ1) is 13.8. The Balaban J connectivity index is 2.50. The minimum Gasteiger partial charge on any atom is -0.387 e. The van der Waals surface area contributed by atoms with Crippen LogP contribution < -0.4 is 5.32 Å². The fraction of sp³-hybridized carbons (Fsp3) is 0.467. The monoisotopic (exact) mass is 231 g/mol. The maximum absolute atomic E-state index is 9.94. The second kappa shape index (κ2) is 7.11. The van der Waals surface area contributed by atoms with Gasteiger partial charge in [-0.15, -0.1) is 5.92 Å². The summed E-state index contributed by atoms with van der Waals surface area (Å²) in [6.45, 7) is 7.29. The molecule has 0 saturated heterocycles. The Hall–Kier alpha value is -1.30. The molecule has 0 amide bonds. The maximum atomic E-state index is 9.94. The van der Waals surface area contributed by atoms with Gasteiger partial charge < -0.3 is 10.4 Å². The zero-order chi connectivity index (χ0) is 12.7. The lowest BCUT2D eigenvalue weighted by Crippen LogP contribution is -2.21. The molecule has 92 valence electrons. The standard InChI is InChI=1S/C15H21NO/c1-4-5-10-16-11-15(17)14-8-6-13(7-9-14)12(2)3/h6-9,12,15-17H,10-11H2,1-3H3. The van der Waals surface area contributed by atoms with E-state index >= 15 is 0 Å². The Labute approximate surface area is 104 Å². The summed E-state index contributed by atoms with van der Waals surface area (Å²) < 4.78 is 0. The van der Waals surface area contributed by atoms with Gasteiger partial charge in [-0.2, -0.15) is 0 Å². The van der Waals surface area contributed by atoms with Crippen LogP contribution in [0.15, 0.2) is 24.3 Å². The molecule has 1 aromatic rings. The third-order valence-electron chi connectivity index (χ3n) is 2.72. The predicted octanol–water partition coefficient (Wildman–Crippen LogP) is 2.46. The van der Waals surface area contributed by atoms with Crippen LogP contribution in [-0.2, 0) is 0 Å². The highest BCUT2D eigenvalue weighted by Crippen LogP contribution is 2.18. The zero-order valence-corrected chi connectivity index (χ0v) is 10.8. The van der Waals surface area contributed by atoms with E-state index in [0.29, 0.717) is 19.0 Å². The van der Waals surface area contributed by atoms with Crippen molar-refractivity contribution in [2.45, 2.75) is 32.8 Å². The highest BCUT2D eigenvalue weighted by molar-refractivity contribution is 5.26. The molecule has 0 fully saturated rings. The van der Waals surface area contributed by atoms with Crippen LogP contribution in [0.25, 0.3) is 0 Å². The van der Waals surface area contributed by atoms with E-state index in [9.17, 15) is 5.11 Å². The average Bonchev–Trinajstić information content (AvgIpc) is 2.34. The lowest BCUT2D eigenvalue weighted by Gasteiger charge is -2.12. The first-order chi connectivity index (χ1) is 8.15. The number of rotatable bonds is 5. The van der Waals surface area contributed by atoms with E-state index in [1.54, 1.807) is 0 Å². The van der Waals surface area contributed by atoms with Crippen LogP contribution in [0.4, 0.5) is 0 Å². The topological polar surface area (TPSA) is 32.3 Å². The van der Waals surface area contributed by atoms with Crippen molar-refractivity contribution >= 4 is 0 Å². The molecule has 0 aliphatic rings. The number of nitrogens with one attached hydrogen (secondary N) is 1. The second-order valence-electron chi connectivity index (χ2n) is 4.39. The van der Waals surface area contributed by atoms with Crippen molar-refractivity contribution in [2.75, 3.05) is 13.1 Å². The Bertz CT molecular complexity index is 384. The molecule has 1 atom stereocenters. The molecular formula is C15H21NO. The largest absolute Gasteiger partial charge is 0.387 e. The Kier molecular flexibility index (Phi) is 5.76. The molecule has 1 rings (SSSR count). The molecule has 2 N–H and O–H groups in total. The van der Waals surface area contributed by atoms with Crippen molar-refractivity contribution < 1.29 is 5.11 Å². The van der Waals surface area contributed by atoms with Crippen molar-refractivity contribution in [1.82, 2.24) is 5.32 Å². The van der Waals surface area contributed by atoms with Gasteiger partial charge in [-0.25, -0.2) is 0 Å². The highest BCUT2D eigenvalue weighted by atomic mass is 16.3. The van der Waals surface area contributed by atoms with Crippen LogP contribution in [0, 0.1) is 11.8 Å². The van der Waals surface area contributed by atoms with E-state index in [1.165, 1.54) is 5.56 Å². The molecule has 0 bridgehead atoms. The van der Waals surface area contributed by atoms with Crippen molar-refractivity contribution in [1.29, 1.82) is 0 Å². The summed E-state index contributed by atoms with van der Waals surface area (Å²) in [6.07, 6.45) is -0.463. The van der Waals surface area contributed by atoms with E-state index in [2.05, 4.69) is 43.1 Å². The number of benzene rings is 1. The molecule has 0 spiro atoms. The highest BCUT2D eigenvalue weighted by Gasteiger charge is 2.07. The summed E-state index contributed by atoms with van der Waals surface area (Å²) in [5, 5.41) is 13.0. The van der Waals surface area contributed by atoms with Crippen LogP contribution in [0.5, 0.6) is 0 Å². The number of aliphatic hydroxyl groups excluding tert-OH is 1. The van der Waals surface area contributed by atoms with Gasteiger partial charge in [0.1, 0.15) is 0 Å². The Morgan fingerprint density at radius 1 is 1.18 bits per heavy atom. The summed E-state index contributed by atoms with van der Waals surface area (Å²) >= 11 is 0. The molecule has 0 aromatic heterocycles. The predicted molar refractivity (Wildman–Crippen MR) is 71.8 cm³/mol. The van der Waals surface area contributed by atoms with Crippen LogP contribution in [0.2, 0.25) is 0 Å². The smallest absolute Gasteiger partial charge is 0.0914 e. The third kappa shape index (κ3) is 4.60. The van der Waals surface area contributed by atoms with Crippen LogP contribution >= 0.6 is 0 Å². The van der Waals surface area contributed by atoms with Crippen LogP contribution in [-0.4, -0.2) is 18.2 Å². The van der Waals surface area contributed by atoms with Gasteiger partial charge in [0.05, 0.1) is 12.6 Å².